The molecule has 0 aliphatic carbocycles. The van der Waals surface area contributed by atoms with E-state index < -0.39 is 0 Å². The van der Waals surface area contributed by atoms with Gasteiger partial charge in [0.05, 0.1) is 5.69 Å². The highest BCUT2D eigenvalue weighted by molar-refractivity contribution is 5.99. The van der Waals surface area contributed by atoms with Crippen LogP contribution < -0.4 is 5.32 Å². The number of piperidine rings is 1. The Hall–Kier alpha value is -2.59. The van der Waals surface area contributed by atoms with Gasteiger partial charge in [0.25, 0.3) is 0 Å². The average molecular weight is 344 g/mol. The standard InChI is InChI=1S/C22H24N4/c1-2-16-18-12-15(14-7-10-23-11-8-14)5-6-20(18)26-21(16)19-13-25-22-17(19)4-3-9-24-22/h3-6,9,12-14,23,26H,2,7-8,10-11H2,1H3,(H,24,25). The largest absolute Gasteiger partial charge is 0.354 e. The third kappa shape index (κ3) is 2.44. The smallest absolute Gasteiger partial charge is 0.137 e. The van der Waals surface area contributed by atoms with E-state index in [9.17, 15) is 0 Å². The molecule has 0 radical (unpaired) electrons. The van der Waals surface area contributed by atoms with E-state index >= 15 is 0 Å². The van der Waals surface area contributed by atoms with Crippen LogP contribution in [0.3, 0.4) is 0 Å². The van der Waals surface area contributed by atoms with E-state index in [0.29, 0.717) is 5.92 Å². The molecule has 0 amide bonds. The average Bonchev–Trinajstić information content (AvgIpc) is 3.28. The Bertz CT molecular complexity index is 1070. The van der Waals surface area contributed by atoms with Gasteiger partial charge in [-0.25, -0.2) is 4.98 Å². The van der Waals surface area contributed by atoms with E-state index in [-0.39, 0.29) is 0 Å². The fourth-order valence-electron chi connectivity index (χ4n) is 4.43. The summed E-state index contributed by atoms with van der Waals surface area (Å²) in [7, 11) is 0. The second kappa shape index (κ2) is 6.29. The molecule has 0 bridgehead atoms. The molecule has 3 N–H and O–H groups in total. The second-order valence-corrected chi connectivity index (χ2v) is 7.26. The van der Waals surface area contributed by atoms with Crippen molar-refractivity contribution in [1.29, 1.82) is 0 Å². The Morgan fingerprint density at radius 1 is 1.12 bits per heavy atom. The Balaban J connectivity index is 1.66. The highest BCUT2D eigenvalue weighted by Gasteiger charge is 2.19. The topological polar surface area (TPSA) is 56.5 Å². The van der Waals surface area contributed by atoms with Gasteiger partial charge in [-0.2, -0.15) is 0 Å². The minimum atomic E-state index is 0.681. The first-order chi connectivity index (χ1) is 12.8. The SMILES string of the molecule is CCc1c(-c2c[nH]c3ncccc23)[nH]c2ccc(C3CCNCC3)cc12. The molecule has 4 aromatic rings. The maximum Gasteiger partial charge on any atom is 0.137 e. The van der Waals surface area contributed by atoms with Crippen molar-refractivity contribution in [3.8, 4) is 11.3 Å². The van der Waals surface area contributed by atoms with Crippen molar-refractivity contribution < 1.29 is 0 Å². The van der Waals surface area contributed by atoms with Crippen molar-refractivity contribution in [2.75, 3.05) is 13.1 Å². The lowest BCUT2D eigenvalue weighted by atomic mass is 9.89. The Kier molecular flexibility index (Phi) is 3.79. The minimum Gasteiger partial charge on any atom is -0.354 e. The Morgan fingerprint density at radius 2 is 2.00 bits per heavy atom. The molecule has 4 heterocycles. The molecule has 26 heavy (non-hydrogen) atoms. The van der Waals surface area contributed by atoms with E-state index in [1.807, 2.05) is 12.3 Å². The summed E-state index contributed by atoms with van der Waals surface area (Å²) in [5, 5.41) is 6.01. The van der Waals surface area contributed by atoms with Crippen LogP contribution in [0.2, 0.25) is 0 Å². The predicted molar refractivity (Wildman–Crippen MR) is 108 cm³/mol. The third-order valence-corrected chi connectivity index (χ3v) is 5.81. The summed E-state index contributed by atoms with van der Waals surface area (Å²) in [6.45, 7) is 4.50. The van der Waals surface area contributed by atoms with Crippen LogP contribution in [0, 0.1) is 0 Å². The number of aromatic amines is 2. The lowest BCUT2D eigenvalue weighted by Crippen LogP contribution is -2.26. The van der Waals surface area contributed by atoms with Crippen LogP contribution in [0.15, 0.2) is 42.7 Å². The quantitative estimate of drug-likeness (QED) is 0.503. The molecule has 5 rings (SSSR count). The Morgan fingerprint density at radius 3 is 2.85 bits per heavy atom. The molecule has 0 atom stereocenters. The van der Waals surface area contributed by atoms with Gasteiger partial charge in [0.2, 0.25) is 0 Å². The molecular formula is C22H24N4. The number of pyridine rings is 1. The lowest BCUT2D eigenvalue weighted by Gasteiger charge is -2.23. The Labute approximate surface area is 153 Å². The number of hydrogen-bond acceptors (Lipinski definition) is 2. The van der Waals surface area contributed by atoms with Gasteiger partial charge in [-0.3, -0.25) is 0 Å². The fraction of sp³-hybridized carbons (Fsp3) is 0.318. The van der Waals surface area contributed by atoms with Gasteiger partial charge in [-0.1, -0.05) is 13.0 Å². The van der Waals surface area contributed by atoms with E-state index in [4.69, 9.17) is 0 Å². The van der Waals surface area contributed by atoms with Gasteiger partial charge in [-0.15, -0.1) is 0 Å². The summed E-state index contributed by atoms with van der Waals surface area (Å²) < 4.78 is 0. The van der Waals surface area contributed by atoms with E-state index in [1.165, 1.54) is 51.5 Å². The first-order valence-corrected chi connectivity index (χ1v) is 9.63. The predicted octanol–water partition coefficient (Wildman–Crippen LogP) is 4.74. The van der Waals surface area contributed by atoms with E-state index in [2.05, 4.69) is 57.7 Å². The number of aryl methyl sites for hydroxylation is 1. The van der Waals surface area contributed by atoms with Crippen LogP contribution in [-0.2, 0) is 6.42 Å². The molecule has 1 aliphatic heterocycles. The molecule has 1 saturated heterocycles. The van der Waals surface area contributed by atoms with Crippen molar-refractivity contribution in [3.05, 3.63) is 53.9 Å². The van der Waals surface area contributed by atoms with Gasteiger partial charge in [-0.05, 0) is 73.7 Å². The van der Waals surface area contributed by atoms with Gasteiger partial charge >= 0.3 is 0 Å². The molecule has 0 unspecified atom stereocenters. The number of nitrogens with one attached hydrogen (secondary N) is 3. The van der Waals surface area contributed by atoms with Crippen molar-refractivity contribution in [1.82, 2.24) is 20.3 Å². The van der Waals surface area contributed by atoms with Crippen molar-refractivity contribution in [3.63, 3.8) is 0 Å². The number of fused-ring (bicyclic) bond motifs is 2. The maximum atomic E-state index is 4.44. The maximum absolute atomic E-state index is 4.44. The van der Waals surface area contributed by atoms with Gasteiger partial charge < -0.3 is 15.3 Å². The summed E-state index contributed by atoms with van der Waals surface area (Å²) in [6.07, 6.45) is 7.39. The number of benzene rings is 1. The molecule has 132 valence electrons. The summed E-state index contributed by atoms with van der Waals surface area (Å²) >= 11 is 0. The van der Waals surface area contributed by atoms with Crippen LogP contribution in [0.4, 0.5) is 0 Å². The zero-order valence-corrected chi connectivity index (χ0v) is 15.1. The monoisotopic (exact) mass is 344 g/mol. The van der Waals surface area contributed by atoms with Gasteiger partial charge in [0, 0.05) is 34.2 Å². The van der Waals surface area contributed by atoms with Crippen LogP contribution in [-0.4, -0.2) is 28.0 Å². The van der Waals surface area contributed by atoms with Crippen LogP contribution in [0.5, 0.6) is 0 Å². The fourth-order valence-corrected chi connectivity index (χ4v) is 4.43. The number of hydrogen-bond donors (Lipinski definition) is 3. The van der Waals surface area contributed by atoms with Crippen LogP contribution in [0.1, 0.15) is 36.8 Å². The molecule has 0 saturated carbocycles. The second-order valence-electron chi connectivity index (χ2n) is 7.26. The van der Waals surface area contributed by atoms with Crippen LogP contribution in [0.25, 0.3) is 33.2 Å². The molecule has 0 spiro atoms. The number of aromatic nitrogens is 3. The highest BCUT2D eigenvalue weighted by Crippen LogP contribution is 2.36. The zero-order valence-electron chi connectivity index (χ0n) is 15.1. The molecule has 3 aromatic heterocycles. The third-order valence-electron chi connectivity index (χ3n) is 5.81. The highest BCUT2D eigenvalue weighted by atomic mass is 14.9. The molecule has 1 fully saturated rings. The van der Waals surface area contributed by atoms with Crippen LogP contribution >= 0.6 is 0 Å². The minimum absolute atomic E-state index is 0.681. The summed E-state index contributed by atoms with van der Waals surface area (Å²) in [4.78, 5) is 11.4. The molecule has 1 aromatic carbocycles. The van der Waals surface area contributed by atoms with E-state index in [1.54, 1.807) is 0 Å². The van der Waals surface area contributed by atoms with Crippen molar-refractivity contribution in [2.45, 2.75) is 32.1 Å². The summed E-state index contributed by atoms with van der Waals surface area (Å²) in [5.74, 6) is 0.681. The van der Waals surface area contributed by atoms with Gasteiger partial charge in [0.15, 0.2) is 0 Å². The van der Waals surface area contributed by atoms with Crippen molar-refractivity contribution >= 4 is 21.9 Å². The zero-order chi connectivity index (χ0) is 17.5. The molecule has 4 heteroatoms. The van der Waals surface area contributed by atoms with E-state index in [0.717, 1.165) is 25.2 Å². The lowest BCUT2D eigenvalue weighted by molar-refractivity contribution is 0.460. The number of nitrogens with zero attached hydrogens (tertiary/aromatic N) is 1. The normalized spacial score (nSPS) is 15.9. The molecule has 1 aliphatic rings. The molecule has 4 nitrogen and oxygen atoms in total. The first kappa shape index (κ1) is 15.6. The first-order valence-electron chi connectivity index (χ1n) is 9.63. The number of H-pyrrole nitrogens is 2. The summed E-state index contributed by atoms with van der Waals surface area (Å²) in [5.41, 5.74) is 7.50. The summed E-state index contributed by atoms with van der Waals surface area (Å²) in [6, 6.07) is 11.2. The van der Waals surface area contributed by atoms with Crippen molar-refractivity contribution in [2.24, 2.45) is 0 Å². The molecular weight excluding hydrogens is 320 g/mol. The number of rotatable bonds is 3. The van der Waals surface area contributed by atoms with Gasteiger partial charge in [0.1, 0.15) is 5.65 Å².